The van der Waals surface area contributed by atoms with Crippen LogP contribution in [0.2, 0.25) is 5.28 Å². The lowest BCUT2D eigenvalue weighted by Crippen LogP contribution is -2.06. The predicted octanol–water partition coefficient (Wildman–Crippen LogP) is 4.18. The van der Waals surface area contributed by atoms with Gasteiger partial charge in [0.05, 0.1) is 23.7 Å². The number of fused-ring (bicyclic) bond motifs is 1. The molecule has 0 saturated heterocycles. The molecule has 0 spiro atoms. The molecule has 0 atom stereocenters. The number of nitrogens with one attached hydrogen (secondary N) is 1. The van der Waals surface area contributed by atoms with Crippen molar-refractivity contribution in [3.8, 4) is 0 Å². The van der Waals surface area contributed by atoms with E-state index in [1.54, 1.807) is 18.2 Å². The van der Waals surface area contributed by atoms with Crippen LogP contribution in [0.25, 0.3) is 10.2 Å². The van der Waals surface area contributed by atoms with Crippen LogP contribution in [0.15, 0.2) is 30.3 Å². The molecule has 0 aliphatic carbocycles. The first kappa shape index (κ1) is 14.7. The van der Waals surface area contributed by atoms with E-state index < -0.39 is 5.97 Å². The molecule has 0 bridgehead atoms. The van der Waals surface area contributed by atoms with Crippen molar-refractivity contribution >= 4 is 50.6 Å². The number of esters is 1. The van der Waals surface area contributed by atoms with Crippen LogP contribution in [-0.4, -0.2) is 23.0 Å². The molecular weight excluding hydrogens is 322 g/mol. The fourth-order valence-electron chi connectivity index (χ4n) is 2.12. The van der Waals surface area contributed by atoms with Gasteiger partial charge in [0.25, 0.3) is 0 Å². The highest BCUT2D eigenvalue weighted by Gasteiger charge is 2.14. The molecule has 3 rings (SSSR count). The number of aromatic nitrogens is 2. The van der Waals surface area contributed by atoms with Crippen LogP contribution in [0.4, 0.5) is 11.5 Å². The Morgan fingerprint density at radius 3 is 2.86 bits per heavy atom. The zero-order valence-electron chi connectivity index (χ0n) is 11.9. The summed E-state index contributed by atoms with van der Waals surface area (Å²) in [6.45, 7) is 1.99. The lowest BCUT2D eigenvalue weighted by atomic mass is 10.1. The van der Waals surface area contributed by atoms with Crippen molar-refractivity contribution < 1.29 is 9.53 Å². The van der Waals surface area contributed by atoms with Crippen LogP contribution in [-0.2, 0) is 4.74 Å². The fourth-order valence-corrected chi connectivity index (χ4v) is 3.22. The number of rotatable bonds is 3. The number of hydrogen-bond donors (Lipinski definition) is 1. The minimum absolute atomic E-state index is 0.160. The lowest BCUT2D eigenvalue weighted by molar-refractivity contribution is 0.0602. The maximum atomic E-state index is 11.8. The van der Waals surface area contributed by atoms with E-state index in [0.29, 0.717) is 17.1 Å². The van der Waals surface area contributed by atoms with Gasteiger partial charge in [-0.3, -0.25) is 0 Å². The molecule has 0 amide bonds. The van der Waals surface area contributed by atoms with Crippen LogP contribution in [0.1, 0.15) is 15.2 Å². The zero-order valence-corrected chi connectivity index (χ0v) is 13.5. The van der Waals surface area contributed by atoms with Gasteiger partial charge in [0, 0.05) is 4.88 Å². The van der Waals surface area contributed by atoms with E-state index in [1.807, 2.05) is 19.1 Å². The van der Waals surface area contributed by atoms with Gasteiger partial charge in [-0.2, -0.15) is 4.98 Å². The second-order valence-electron chi connectivity index (χ2n) is 4.58. The summed E-state index contributed by atoms with van der Waals surface area (Å²) in [5.41, 5.74) is 1.04. The number of hydrogen-bond acceptors (Lipinski definition) is 6. The van der Waals surface area contributed by atoms with Gasteiger partial charge in [0.15, 0.2) is 0 Å². The number of ether oxygens (including phenoxy) is 1. The highest BCUT2D eigenvalue weighted by atomic mass is 35.5. The van der Waals surface area contributed by atoms with Gasteiger partial charge in [0.2, 0.25) is 5.28 Å². The van der Waals surface area contributed by atoms with Gasteiger partial charge in [-0.05, 0) is 36.7 Å². The van der Waals surface area contributed by atoms with Crippen molar-refractivity contribution in [2.45, 2.75) is 6.92 Å². The first-order chi connectivity index (χ1) is 10.6. The summed E-state index contributed by atoms with van der Waals surface area (Å²) < 4.78 is 4.79. The Hall–Kier alpha value is -2.18. The van der Waals surface area contributed by atoms with Crippen LogP contribution >= 0.6 is 22.9 Å². The number of carbonyl (C=O) groups is 1. The molecule has 0 aliphatic heterocycles. The molecule has 3 aromatic rings. The van der Waals surface area contributed by atoms with Gasteiger partial charge in [0.1, 0.15) is 10.6 Å². The summed E-state index contributed by atoms with van der Waals surface area (Å²) >= 11 is 7.52. The Balaban J connectivity index is 2.09. The lowest BCUT2D eigenvalue weighted by Gasteiger charge is -2.10. The summed E-state index contributed by atoms with van der Waals surface area (Å²) in [6.07, 6.45) is 0. The highest BCUT2D eigenvalue weighted by Crippen LogP contribution is 2.32. The van der Waals surface area contributed by atoms with Crippen LogP contribution in [0, 0.1) is 6.92 Å². The molecule has 1 aromatic carbocycles. The second-order valence-corrected chi connectivity index (χ2v) is 6.15. The number of carbonyl (C=O) groups excluding carboxylic acids is 1. The van der Waals surface area contributed by atoms with Crippen molar-refractivity contribution in [1.29, 1.82) is 0 Å². The standard InChI is InChI=1S/C15H12ClN3O2S/c1-8-7-10-12(18-15(16)19-13(10)22-8)17-11-6-4-3-5-9(11)14(20)21-2/h3-7H,1-2H3,(H,17,18,19). The van der Waals surface area contributed by atoms with E-state index in [-0.39, 0.29) is 5.28 Å². The van der Waals surface area contributed by atoms with E-state index in [0.717, 1.165) is 15.1 Å². The molecule has 0 unspecified atom stereocenters. The molecule has 2 aromatic heterocycles. The van der Waals surface area contributed by atoms with Crippen LogP contribution < -0.4 is 5.32 Å². The normalized spacial score (nSPS) is 10.7. The summed E-state index contributed by atoms with van der Waals surface area (Å²) in [7, 11) is 1.35. The average Bonchev–Trinajstić information content (AvgIpc) is 2.87. The first-order valence-corrected chi connectivity index (χ1v) is 7.66. The molecule has 5 nitrogen and oxygen atoms in total. The quantitative estimate of drug-likeness (QED) is 0.575. The monoisotopic (exact) mass is 333 g/mol. The van der Waals surface area contributed by atoms with Crippen LogP contribution in [0.5, 0.6) is 0 Å². The van der Waals surface area contributed by atoms with Crippen molar-refractivity contribution in [2.24, 2.45) is 0 Å². The summed E-state index contributed by atoms with van der Waals surface area (Å²) in [4.78, 5) is 22.2. The topological polar surface area (TPSA) is 64.1 Å². The smallest absolute Gasteiger partial charge is 0.339 e. The molecule has 0 saturated carbocycles. The third kappa shape index (κ3) is 2.75. The minimum atomic E-state index is -0.416. The number of para-hydroxylation sites is 1. The number of anilines is 2. The number of nitrogens with zero attached hydrogens (tertiary/aromatic N) is 2. The van der Waals surface area contributed by atoms with E-state index >= 15 is 0 Å². The molecule has 0 fully saturated rings. The molecule has 0 aliphatic rings. The Kier molecular flexibility index (Phi) is 3.96. The molecule has 112 valence electrons. The summed E-state index contributed by atoms with van der Waals surface area (Å²) in [6, 6.07) is 9.06. The van der Waals surface area contributed by atoms with Gasteiger partial charge in [-0.25, -0.2) is 9.78 Å². The summed E-state index contributed by atoms with van der Waals surface area (Å²) in [5, 5.41) is 4.18. The minimum Gasteiger partial charge on any atom is -0.465 e. The molecular formula is C15H12ClN3O2S. The Labute approximate surface area is 135 Å². The number of methoxy groups -OCH3 is 1. The van der Waals surface area contributed by atoms with E-state index in [2.05, 4.69) is 15.3 Å². The number of benzene rings is 1. The number of aryl methyl sites for hydroxylation is 1. The van der Waals surface area contributed by atoms with E-state index in [1.165, 1.54) is 18.4 Å². The molecule has 1 N–H and O–H groups in total. The Bertz CT molecular complexity index is 863. The predicted molar refractivity (Wildman–Crippen MR) is 88.2 cm³/mol. The van der Waals surface area contributed by atoms with Gasteiger partial charge >= 0.3 is 5.97 Å². The zero-order chi connectivity index (χ0) is 15.7. The highest BCUT2D eigenvalue weighted by molar-refractivity contribution is 7.18. The fraction of sp³-hybridized carbons (Fsp3) is 0.133. The molecule has 22 heavy (non-hydrogen) atoms. The van der Waals surface area contributed by atoms with Crippen molar-refractivity contribution in [2.75, 3.05) is 12.4 Å². The third-order valence-corrected chi connectivity index (χ3v) is 4.19. The Morgan fingerprint density at radius 2 is 2.09 bits per heavy atom. The molecule has 0 radical (unpaired) electrons. The van der Waals surface area contributed by atoms with E-state index in [4.69, 9.17) is 16.3 Å². The largest absolute Gasteiger partial charge is 0.465 e. The second kappa shape index (κ2) is 5.90. The van der Waals surface area contributed by atoms with Crippen molar-refractivity contribution in [3.05, 3.63) is 46.1 Å². The van der Waals surface area contributed by atoms with Crippen molar-refractivity contribution in [3.63, 3.8) is 0 Å². The van der Waals surface area contributed by atoms with Gasteiger partial charge < -0.3 is 10.1 Å². The van der Waals surface area contributed by atoms with Crippen LogP contribution in [0.3, 0.4) is 0 Å². The van der Waals surface area contributed by atoms with Crippen molar-refractivity contribution in [1.82, 2.24) is 9.97 Å². The Morgan fingerprint density at radius 1 is 1.32 bits per heavy atom. The number of halogens is 1. The van der Waals surface area contributed by atoms with E-state index in [9.17, 15) is 4.79 Å². The maximum absolute atomic E-state index is 11.8. The third-order valence-electron chi connectivity index (χ3n) is 3.07. The number of thiophene rings is 1. The SMILES string of the molecule is COC(=O)c1ccccc1Nc1nc(Cl)nc2sc(C)cc12. The maximum Gasteiger partial charge on any atom is 0.339 e. The first-order valence-electron chi connectivity index (χ1n) is 6.46. The molecule has 7 heteroatoms. The van der Waals surface area contributed by atoms with Gasteiger partial charge in [-0.1, -0.05) is 12.1 Å². The average molecular weight is 334 g/mol. The van der Waals surface area contributed by atoms with Gasteiger partial charge in [-0.15, -0.1) is 11.3 Å². The summed E-state index contributed by atoms with van der Waals surface area (Å²) in [5.74, 6) is 0.150. The molecule has 2 heterocycles.